The van der Waals surface area contributed by atoms with E-state index < -0.39 is 11.0 Å². The molecule has 5 nitrogen and oxygen atoms in total. The molecule has 1 fully saturated rings. The van der Waals surface area contributed by atoms with Gasteiger partial charge in [0, 0.05) is 17.4 Å². The van der Waals surface area contributed by atoms with E-state index in [9.17, 15) is 15.2 Å². The number of rotatable bonds is 3. The molecule has 2 rings (SSSR count). The van der Waals surface area contributed by atoms with Crippen molar-refractivity contribution in [3.63, 3.8) is 0 Å². The molecule has 0 aromatic heterocycles. The van der Waals surface area contributed by atoms with Crippen LogP contribution in [0.15, 0.2) is 18.2 Å². The van der Waals surface area contributed by atoms with Crippen LogP contribution in [0, 0.1) is 22.5 Å². The quantitative estimate of drug-likeness (QED) is 0.661. The molecule has 0 saturated heterocycles. The second-order valence-electron chi connectivity index (χ2n) is 5.36. The van der Waals surface area contributed by atoms with Gasteiger partial charge >= 0.3 is 5.69 Å². The number of benzene rings is 1. The SMILES string of the molecule is Cc1cccc(OC2CC(O)C2(C)C)c1[N+](=O)[O-]. The molecule has 1 aliphatic rings. The topological polar surface area (TPSA) is 72.6 Å². The monoisotopic (exact) mass is 251 g/mol. The van der Waals surface area contributed by atoms with Crippen molar-refractivity contribution in [3.8, 4) is 5.75 Å². The molecule has 0 amide bonds. The summed E-state index contributed by atoms with van der Waals surface area (Å²) in [6.45, 7) is 5.48. The molecule has 1 aromatic rings. The lowest BCUT2D eigenvalue weighted by Gasteiger charge is -2.48. The van der Waals surface area contributed by atoms with Crippen LogP contribution in [0.3, 0.4) is 0 Å². The van der Waals surface area contributed by atoms with Crippen molar-refractivity contribution in [3.05, 3.63) is 33.9 Å². The van der Waals surface area contributed by atoms with Crippen LogP contribution in [0.1, 0.15) is 25.8 Å². The van der Waals surface area contributed by atoms with Crippen LogP contribution in [0.25, 0.3) is 0 Å². The molecule has 2 atom stereocenters. The summed E-state index contributed by atoms with van der Waals surface area (Å²) >= 11 is 0. The van der Waals surface area contributed by atoms with Gasteiger partial charge in [0.1, 0.15) is 6.10 Å². The lowest BCUT2D eigenvalue weighted by Crippen LogP contribution is -2.56. The zero-order valence-corrected chi connectivity index (χ0v) is 10.7. The Labute approximate surface area is 106 Å². The summed E-state index contributed by atoms with van der Waals surface area (Å²) in [7, 11) is 0. The molecule has 0 radical (unpaired) electrons. The van der Waals surface area contributed by atoms with Crippen molar-refractivity contribution in [1.82, 2.24) is 0 Å². The van der Waals surface area contributed by atoms with Gasteiger partial charge in [-0.25, -0.2) is 0 Å². The van der Waals surface area contributed by atoms with Gasteiger partial charge in [-0.1, -0.05) is 26.0 Å². The number of nitrogens with zero attached hydrogens (tertiary/aromatic N) is 1. The first-order valence-corrected chi connectivity index (χ1v) is 5.92. The first-order chi connectivity index (χ1) is 8.34. The van der Waals surface area contributed by atoms with E-state index in [0.29, 0.717) is 12.0 Å². The van der Waals surface area contributed by atoms with E-state index in [2.05, 4.69) is 0 Å². The van der Waals surface area contributed by atoms with Gasteiger partial charge in [-0.15, -0.1) is 0 Å². The number of aliphatic hydroxyl groups is 1. The van der Waals surface area contributed by atoms with E-state index in [1.165, 1.54) is 0 Å². The Morgan fingerprint density at radius 1 is 1.50 bits per heavy atom. The summed E-state index contributed by atoms with van der Waals surface area (Å²) in [4.78, 5) is 10.6. The number of hydrogen-bond donors (Lipinski definition) is 1. The summed E-state index contributed by atoms with van der Waals surface area (Å²) in [6, 6.07) is 5.03. The van der Waals surface area contributed by atoms with Crippen molar-refractivity contribution in [2.45, 2.75) is 39.4 Å². The van der Waals surface area contributed by atoms with E-state index in [0.717, 1.165) is 0 Å². The van der Waals surface area contributed by atoms with Crippen molar-refractivity contribution < 1.29 is 14.8 Å². The molecular formula is C13H17NO4. The molecule has 98 valence electrons. The maximum atomic E-state index is 11.0. The van der Waals surface area contributed by atoms with Crippen molar-refractivity contribution in [2.24, 2.45) is 5.41 Å². The van der Waals surface area contributed by atoms with Gasteiger partial charge in [0.05, 0.1) is 11.0 Å². The normalized spacial score (nSPS) is 25.3. The van der Waals surface area contributed by atoms with Crippen LogP contribution in [0.5, 0.6) is 5.75 Å². The van der Waals surface area contributed by atoms with Gasteiger partial charge in [-0.2, -0.15) is 0 Å². The number of ether oxygens (including phenoxy) is 1. The summed E-state index contributed by atoms with van der Waals surface area (Å²) in [5.41, 5.74) is 0.224. The van der Waals surface area contributed by atoms with E-state index in [1.54, 1.807) is 25.1 Å². The maximum Gasteiger partial charge on any atom is 0.313 e. The molecular weight excluding hydrogens is 234 g/mol. The number of nitro benzene ring substituents is 1. The third kappa shape index (κ3) is 1.95. The Bertz CT molecular complexity index is 484. The minimum absolute atomic E-state index is 0.00897. The average molecular weight is 251 g/mol. The van der Waals surface area contributed by atoms with Gasteiger partial charge in [0.15, 0.2) is 5.75 Å². The molecule has 0 heterocycles. The lowest BCUT2D eigenvalue weighted by molar-refractivity contribution is -0.387. The molecule has 0 aliphatic heterocycles. The number of nitro groups is 1. The Balaban J connectivity index is 2.26. The number of aryl methyl sites for hydroxylation is 1. The van der Waals surface area contributed by atoms with Gasteiger partial charge < -0.3 is 9.84 Å². The first-order valence-electron chi connectivity index (χ1n) is 5.92. The summed E-state index contributed by atoms with van der Waals surface area (Å²) in [5, 5.41) is 20.7. The van der Waals surface area contributed by atoms with Crippen LogP contribution in [0.4, 0.5) is 5.69 Å². The Morgan fingerprint density at radius 2 is 2.17 bits per heavy atom. The van der Waals surface area contributed by atoms with Crippen LogP contribution in [-0.2, 0) is 0 Å². The van der Waals surface area contributed by atoms with E-state index in [1.807, 2.05) is 13.8 Å². The second-order valence-corrected chi connectivity index (χ2v) is 5.36. The van der Waals surface area contributed by atoms with E-state index >= 15 is 0 Å². The van der Waals surface area contributed by atoms with Crippen LogP contribution in [-0.4, -0.2) is 22.2 Å². The maximum absolute atomic E-state index is 11.0. The van der Waals surface area contributed by atoms with Crippen LogP contribution in [0.2, 0.25) is 0 Å². The van der Waals surface area contributed by atoms with Crippen LogP contribution >= 0.6 is 0 Å². The zero-order chi connectivity index (χ0) is 13.5. The van der Waals surface area contributed by atoms with Gasteiger partial charge in [-0.3, -0.25) is 10.1 Å². The van der Waals surface area contributed by atoms with E-state index in [4.69, 9.17) is 4.74 Å². The predicted molar refractivity (Wildman–Crippen MR) is 66.7 cm³/mol. The third-order valence-corrected chi connectivity index (χ3v) is 3.78. The number of hydrogen-bond acceptors (Lipinski definition) is 4. The molecule has 0 spiro atoms. The zero-order valence-electron chi connectivity index (χ0n) is 10.7. The predicted octanol–water partition coefficient (Wildman–Crippen LogP) is 2.44. The standard InChI is InChI=1S/C13H17NO4/c1-8-5-4-6-9(12(8)14(16)17)18-11-7-10(15)13(11,2)3/h4-6,10-11,15H,7H2,1-3H3. The summed E-state index contributed by atoms with van der Waals surface area (Å²) in [6.07, 6.45) is -0.0858. The highest BCUT2D eigenvalue weighted by Gasteiger charge is 2.49. The van der Waals surface area contributed by atoms with Gasteiger partial charge in [-0.05, 0) is 13.0 Å². The lowest BCUT2D eigenvalue weighted by atomic mass is 9.66. The molecule has 1 saturated carbocycles. The van der Waals surface area contributed by atoms with Gasteiger partial charge in [0.2, 0.25) is 0 Å². The molecule has 1 N–H and O–H groups in total. The number of aliphatic hydroxyl groups excluding tert-OH is 1. The third-order valence-electron chi connectivity index (χ3n) is 3.78. The average Bonchev–Trinajstić information content (AvgIpc) is 2.28. The smallest absolute Gasteiger partial charge is 0.313 e. The minimum Gasteiger partial charge on any atom is -0.483 e. The van der Waals surface area contributed by atoms with Crippen molar-refractivity contribution in [2.75, 3.05) is 0 Å². The molecule has 1 aromatic carbocycles. The van der Waals surface area contributed by atoms with E-state index in [-0.39, 0.29) is 23.0 Å². The fraction of sp³-hybridized carbons (Fsp3) is 0.538. The largest absolute Gasteiger partial charge is 0.483 e. The Morgan fingerprint density at radius 3 is 2.67 bits per heavy atom. The second kappa shape index (κ2) is 4.24. The number of para-hydroxylation sites is 1. The van der Waals surface area contributed by atoms with Crippen molar-refractivity contribution in [1.29, 1.82) is 0 Å². The molecule has 1 aliphatic carbocycles. The summed E-state index contributed by atoms with van der Waals surface area (Å²) < 4.78 is 5.71. The van der Waals surface area contributed by atoms with Crippen molar-refractivity contribution >= 4 is 5.69 Å². The molecule has 18 heavy (non-hydrogen) atoms. The fourth-order valence-electron chi connectivity index (χ4n) is 2.18. The summed E-state index contributed by atoms with van der Waals surface area (Å²) in [5.74, 6) is 0.282. The Hall–Kier alpha value is -1.62. The highest BCUT2D eigenvalue weighted by molar-refractivity contribution is 5.52. The first kappa shape index (κ1) is 12.8. The van der Waals surface area contributed by atoms with Crippen LogP contribution < -0.4 is 4.74 Å². The minimum atomic E-state index is -0.424. The molecule has 5 heteroatoms. The molecule has 2 unspecified atom stereocenters. The Kier molecular flexibility index (Phi) is 3.02. The highest BCUT2D eigenvalue weighted by Crippen LogP contribution is 2.44. The van der Waals surface area contributed by atoms with Gasteiger partial charge in [0.25, 0.3) is 0 Å². The highest BCUT2D eigenvalue weighted by atomic mass is 16.6. The fourth-order valence-corrected chi connectivity index (χ4v) is 2.18. The molecule has 0 bridgehead atoms.